The first-order chi connectivity index (χ1) is 12.7. The summed E-state index contributed by atoms with van der Waals surface area (Å²) in [5.74, 6) is -1.58. The van der Waals surface area contributed by atoms with Crippen molar-refractivity contribution in [3.8, 4) is 0 Å². The van der Waals surface area contributed by atoms with Crippen molar-refractivity contribution in [1.82, 2.24) is 9.62 Å². The van der Waals surface area contributed by atoms with E-state index < -0.39 is 27.9 Å². The molecule has 2 aliphatic rings. The predicted octanol–water partition coefficient (Wildman–Crippen LogP) is 2.79. The van der Waals surface area contributed by atoms with Gasteiger partial charge in [-0.2, -0.15) is 4.31 Å². The molecular formula is C17H18Cl2N2O5S. The van der Waals surface area contributed by atoms with Crippen LogP contribution in [-0.4, -0.2) is 42.3 Å². The molecule has 1 heterocycles. The van der Waals surface area contributed by atoms with Gasteiger partial charge in [0.25, 0.3) is 0 Å². The van der Waals surface area contributed by atoms with Crippen LogP contribution in [0.15, 0.2) is 34.4 Å². The predicted molar refractivity (Wildman–Crippen MR) is 100 cm³/mol. The maximum atomic E-state index is 13.0. The first kappa shape index (κ1) is 20.1. The van der Waals surface area contributed by atoms with Crippen molar-refractivity contribution >= 4 is 45.1 Å². The maximum absolute atomic E-state index is 13.0. The number of rotatable bonds is 5. The van der Waals surface area contributed by atoms with Crippen molar-refractivity contribution in [3.63, 3.8) is 0 Å². The number of sulfonamides is 1. The molecule has 0 unspecified atom stereocenters. The van der Waals surface area contributed by atoms with Gasteiger partial charge in [-0.15, -0.1) is 0 Å². The molecule has 7 nitrogen and oxygen atoms in total. The van der Waals surface area contributed by atoms with Crippen molar-refractivity contribution in [2.24, 2.45) is 0 Å². The molecular weight excluding hydrogens is 415 g/mol. The second-order valence-electron chi connectivity index (χ2n) is 6.48. The van der Waals surface area contributed by atoms with E-state index in [1.54, 1.807) is 0 Å². The molecule has 1 atom stereocenters. The fraction of sp³-hybridized carbons (Fsp3) is 0.412. The summed E-state index contributed by atoms with van der Waals surface area (Å²) in [7, 11) is -3.97. The van der Waals surface area contributed by atoms with Crippen LogP contribution in [0.4, 0.5) is 0 Å². The van der Waals surface area contributed by atoms with Gasteiger partial charge >= 0.3 is 5.97 Å². The van der Waals surface area contributed by atoms with Gasteiger partial charge in [0, 0.05) is 22.3 Å². The Labute approximate surface area is 167 Å². The minimum atomic E-state index is -3.97. The minimum absolute atomic E-state index is 0.0778. The molecule has 1 amide bonds. The largest absolute Gasteiger partial charge is 0.478 e. The average molecular weight is 433 g/mol. The fourth-order valence-electron chi connectivity index (χ4n) is 3.45. The van der Waals surface area contributed by atoms with Crippen LogP contribution in [0.5, 0.6) is 0 Å². The lowest BCUT2D eigenvalue weighted by atomic mass is 10.2. The van der Waals surface area contributed by atoms with E-state index in [0.717, 1.165) is 4.31 Å². The number of carboxylic acids is 1. The lowest BCUT2D eigenvalue weighted by molar-refractivity contribution is -0.132. The number of nitrogens with zero attached hydrogens (tertiary/aromatic N) is 1. The van der Waals surface area contributed by atoms with Crippen molar-refractivity contribution in [1.29, 1.82) is 0 Å². The summed E-state index contributed by atoms with van der Waals surface area (Å²) in [4.78, 5) is 23.9. The van der Waals surface area contributed by atoms with Gasteiger partial charge in [0.05, 0.1) is 10.5 Å². The Morgan fingerprint density at radius 1 is 1.11 bits per heavy atom. The summed E-state index contributed by atoms with van der Waals surface area (Å²) in [6.07, 6.45) is 2.37. The number of aliphatic carboxylic acids is 1. The zero-order chi connectivity index (χ0) is 19.8. The lowest BCUT2D eigenvalue weighted by Crippen LogP contribution is -2.45. The van der Waals surface area contributed by atoms with E-state index in [1.807, 2.05) is 0 Å². The van der Waals surface area contributed by atoms with E-state index in [1.165, 1.54) is 18.2 Å². The Bertz CT molecular complexity index is 909. The molecule has 1 aliphatic heterocycles. The van der Waals surface area contributed by atoms with Gasteiger partial charge in [0.15, 0.2) is 0 Å². The quantitative estimate of drug-likeness (QED) is 0.743. The Hall–Kier alpha value is -1.61. The average Bonchev–Trinajstić information content (AvgIpc) is 3.23. The number of carbonyl (C=O) groups is 2. The second-order valence-corrected chi connectivity index (χ2v) is 9.25. The molecule has 1 aromatic rings. The third-order valence-corrected chi connectivity index (χ3v) is 7.02. The zero-order valence-corrected chi connectivity index (χ0v) is 16.6. The van der Waals surface area contributed by atoms with Crippen LogP contribution in [0.1, 0.15) is 32.1 Å². The number of amides is 1. The molecule has 1 aliphatic carbocycles. The number of hydrogen-bond donors (Lipinski definition) is 2. The number of carboxylic acid groups (broad SMARTS) is 1. The zero-order valence-electron chi connectivity index (χ0n) is 14.2. The topological polar surface area (TPSA) is 104 Å². The summed E-state index contributed by atoms with van der Waals surface area (Å²) < 4.78 is 27.1. The first-order valence-electron chi connectivity index (χ1n) is 8.44. The number of hydrogen-bond acceptors (Lipinski definition) is 4. The van der Waals surface area contributed by atoms with E-state index in [2.05, 4.69) is 5.32 Å². The van der Waals surface area contributed by atoms with Gasteiger partial charge in [-0.1, -0.05) is 23.2 Å². The molecule has 2 N–H and O–H groups in total. The van der Waals surface area contributed by atoms with Crippen molar-refractivity contribution in [3.05, 3.63) is 39.5 Å². The maximum Gasteiger partial charge on any atom is 0.333 e. The van der Waals surface area contributed by atoms with E-state index in [0.29, 0.717) is 37.8 Å². The third kappa shape index (κ3) is 4.13. The van der Waals surface area contributed by atoms with E-state index in [4.69, 9.17) is 23.2 Å². The monoisotopic (exact) mass is 432 g/mol. The highest BCUT2D eigenvalue weighted by molar-refractivity contribution is 7.89. The SMILES string of the molecule is O=C(O)C1=C(NC(=O)[C@@H]2CCCN2S(=O)(=O)c2cc(Cl)cc(Cl)c2)CCC1. The van der Waals surface area contributed by atoms with Crippen molar-refractivity contribution in [2.75, 3.05) is 6.54 Å². The molecule has 1 saturated heterocycles. The summed E-state index contributed by atoms with van der Waals surface area (Å²) >= 11 is 11.8. The normalized spacial score (nSPS) is 20.9. The Balaban J connectivity index is 1.85. The standard InChI is InChI=1S/C17H18Cl2N2O5S/c18-10-7-11(19)9-12(8-10)27(25,26)21-6-2-5-15(21)16(22)20-14-4-1-3-13(14)17(23)24/h7-9,15H,1-6H2,(H,20,22)(H,23,24)/t15-/m0/s1. The van der Waals surface area contributed by atoms with Crippen molar-refractivity contribution < 1.29 is 23.1 Å². The highest BCUT2D eigenvalue weighted by Gasteiger charge is 2.40. The molecule has 0 radical (unpaired) electrons. The van der Waals surface area contributed by atoms with Crippen LogP contribution >= 0.6 is 23.2 Å². The molecule has 146 valence electrons. The van der Waals surface area contributed by atoms with E-state index in [-0.39, 0.29) is 27.1 Å². The number of benzene rings is 1. The summed E-state index contributed by atoms with van der Waals surface area (Å²) in [5, 5.41) is 12.2. The highest BCUT2D eigenvalue weighted by atomic mass is 35.5. The van der Waals surface area contributed by atoms with Gasteiger partial charge in [0.1, 0.15) is 6.04 Å². The van der Waals surface area contributed by atoms with Gasteiger partial charge in [-0.05, 0) is 50.3 Å². The third-order valence-electron chi connectivity index (χ3n) is 4.70. The summed E-state index contributed by atoms with van der Waals surface area (Å²) in [6, 6.07) is 3.10. The Morgan fingerprint density at radius 2 is 1.78 bits per heavy atom. The van der Waals surface area contributed by atoms with Gasteiger partial charge < -0.3 is 10.4 Å². The Kier molecular flexibility index (Phi) is 5.81. The van der Waals surface area contributed by atoms with Crippen LogP contribution in [-0.2, 0) is 19.6 Å². The molecule has 0 aromatic heterocycles. The van der Waals surface area contributed by atoms with Crippen molar-refractivity contribution in [2.45, 2.75) is 43.0 Å². The number of nitrogens with one attached hydrogen (secondary N) is 1. The first-order valence-corrected chi connectivity index (χ1v) is 10.6. The number of halogens is 2. The summed E-state index contributed by atoms with van der Waals surface area (Å²) in [5.41, 5.74) is 0.542. The molecule has 0 bridgehead atoms. The fourth-order valence-corrected chi connectivity index (χ4v) is 5.84. The van der Waals surface area contributed by atoms with Crippen LogP contribution in [0.25, 0.3) is 0 Å². The molecule has 1 fully saturated rings. The van der Waals surface area contributed by atoms with Crippen LogP contribution in [0.2, 0.25) is 10.0 Å². The van der Waals surface area contributed by atoms with E-state index in [9.17, 15) is 23.1 Å². The molecule has 0 saturated carbocycles. The van der Waals surface area contributed by atoms with E-state index >= 15 is 0 Å². The van der Waals surface area contributed by atoms with Gasteiger partial charge in [0.2, 0.25) is 15.9 Å². The van der Waals surface area contributed by atoms with Gasteiger partial charge in [-0.25, -0.2) is 13.2 Å². The second kappa shape index (κ2) is 7.79. The Morgan fingerprint density at radius 3 is 2.41 bits per heavy atom. The molecule has 10 heteroatoms. The smallest absolute Gasteiger partial charge is 0.333 e. The number of carbonyl (C=O) groups excluding carboxylic acids is 1. The van der Waals surface area contributed by atoms with Crippen LogP contribution in [0.3, 0.4) is 0 Å². The van der Waals surface area contributed by atoms with Crippen LogP contribution < -0.4 is 5.32 Å². The molecule has 1 aromatic carbocycles. The number of allylic oxidation sites excluding steroid dienone is 1. The highest BCUT2D eigenvalue weighted by Crippen LogP contribution is 2.31. The lowest BCUT2D eigenvalue weighted by Gasteiger charge is -2.24. The molecule has 0 spiro atoms. The summed E-state index contributed by atoms with van der Waals surface area (Å²) in [6.45, 7) is 0.190. The minimum Gasteiger partial charge on any atom is -0.478 e. The van der Waals surface area contributed by atoms with Crippen LogP contribution in [0, 0.1) is 0 Å². The van der Waals surface area contributed by atoms with Gasteiger partial charge in [-0.3, -0.25) is 4.79 Å². The molecule has 3 rings (SSSR count). The molecule has 27 heavy (non-hydrogen) atoms.